The first-order valence-electron chi connectivity index (χ1n) is 19.2. The molecule has 8 rings (SSSR count). The fraction of sp³-hybridized carbons (Fsp3) is 0.326. The highest BCUT2D eigenvalue weighted by atomic mass is 16.5. The number of carbonyl (C=O) groups is 3. The van der Waals surface area contributed by atoms with Gasteiger partial charge in [-0.15, -0.1) is 0 Å². The quantitative estimate of drug-likeness (QED) is 0.145. The predicted octanol–water partition coefficient (Wildman–Crippen LogP) is 5.77. The van der Waals surface area contributed by atoms with Crippen molar-refractivity contribution in [1.82, 2.24) is 40.3 Å². The summed E-state index contributed by atoms with van der Waals surface area (Å²) in [5, 5.41) is 16.9. The highest BCUT2D eigenvalue weighted by molar-refractivity contribution is 6.01. The Morgan fingerprint density at radius 2 is 1.77 bits per heavy atom. The highest BCUT2D eigenvalue weighted by Gasteiger charge is 2.27. The Morgan fingerprint density at radius 1 is 0.982 bits per heavy atom. The maximum atomic E-state index is 12.7. The molecule has 0 saturated carbocycles. The molecule has 6 aromatic rings. The predicted molar refractivity (Wildman–Crippen MR) is 213 cm³/mol. The zero-order valence-corrected chi connectivity index (χ0v) is 32.4. The Balaban J connectivity index is 0.888. The molecule has 3 N–H and O–H groups in total. The van der Waals surface area contributed by atoms with E-state index in [1.54, 1.807) is 6.33 Å². The van der Waals surface area contributed by atoms with Crippen LogP contribution in [-0.4, -0.2) is 73.1 Å². The summed E-state index contributed by atoms with van der Waals surface area (Å²) in [5.41, 5.74) is 9.55. The van der Waals surface area contributed by atoms with Crippen LogP contribution >= 0.6 is 0 Å². The third-order valence-electron chi connectivity index (χ3n) is 10.4. The van der Waals surface area contributed by atoms with Gasteiger partial charge in [-0.3, -0.25) is 24.6 Å². The third-order valence-corrected chi connectivity index (χ3v) is 10.4. The number of imide groups is 1. The van der Waals surface area contributed by atoms with Crippen LogP contribution in [0.2, 0.25) is 0 Å². The number of nitrogens with zero attached hydrogens (tertiary/aromatic N) is 6. The maximum Gasteiger partial charge on any atom is 0.292 e. The molecule has 0 aliphatic carbocycles. The number of nitrogens with one attached hydrogen (secondary N) is 3. The van der Waals surface area contributed by atoms with Crippen molar-refractivity contribution in [2.75, 3.05) is 25.0 Å². The molecule has 0 bridgehead atoms. The standard InChI is InChI=1S/C43H45N9O5/c1-26-19-30(9-10-31(26)21-44-41(55)39-49-42(57-50-39)43(2,3)4)38-35-20-32(23-52(35)46-25-45-38)28-7-5-27(6-8-28)22-51-17-18-56-36(24-51)29-11-13-33(14-12-29)47-34-15-16-37(53)48-40(34)54/h5-14,19-20,23,25,34,36,47H,15-18,21-22,24H2,1-4H3,(H,44,55)(H,48,53,54). The lowest BCUT2D eigenvalue weighted by Gasteiger charge is -2.33. The van der Waals surface area contributed by atoms with Crippen LogP contribution in [-0.2, 0) is 32.8 Å². The van der Waals surface area contributed by atoms with E-state index in [-0.39, 0.29) is 35.1 Å². The first kappa shape index (κ1) is 37.7. The first-order valence-corrected chi connectivity index (χ1v) is 19.2. The molecule has 3 aromatic heterocycles. The van der Waals surface area contributed by atoms with Gasteiger partial charge >= 0.3 is 0 Å². The highest BCUT2D eigenvalue weighted by Crippen LogP contribution is 2.30. The number of aryl methyl sites for hydroxylation is 1. The minimum Gasteiger partial charge on any atom is -0.374 e. The van der Waals surface area contributed by atoms with Gasteiger partial charge in [-0.05, 0) is 65.4 Å². The fourth-order valence-corrected chi connectivity index (χ4v) is 7.16. The maximum absolute atomic E-state index is 12.7. The number of carbonyl (C=O) groups excluding carboxylic acids is 3. The smallest absolute Gasteiger partial charge is 0.292 e. The van der Waals surface area contributed by atoms with Crippen molar-refractivity contribution in [2.45, 2.75) is 71.2 Å². The lowest BCUT2D eigenvalue weighted by molar-refractivity contribution is -0.133. The molecule has 2 fully saturated rings. The van der Waals surface area contributed by atoms with Gasteiger partial charge in [0, 0.05) is 61.0 Å². The molecule has 5 heterocycles. The molecular formula is C43H45N9O5. The van der Waals surface area contributed by atoms with Crippen LogP contribution in [0.15, 0.2) is 89.8 Å². The van der Waals surface area contributed by atoms with Gasteiger partial charge in [-0.2, -0.15) is 10.1 Å². The topological polar surface area (TPSA) is 169 Å². The molecular weight excluding hydrogens is 723 g/mol. The van der Waals surface area contributed by atoms with Crippen LogP contribution in [0, 0.1) is 6.92 Å². The zero-order valence-electron chi connectivity index (χ0n) is 32.4. The molecule has 2 aliphatic rings. The van der Waals surface area contributed by atoms with Crippen LogP contribution in [0.5, 0.6) is 0 Å². The number of benzene rings is 3. The number of rotatable bonds is 10. The number of amides is 3. The van der Waals surface area contributed by atoms with Crippen molar-refractivity contribution in [3.8, 4) is 22.4 Å². The van der Waals surface area contributed by atoms with Gasteiger partial charge in [-0.1, -0.05) is 74.5 Å². The van der Waals surface area contributed by atoms with Gasteiger partial charge in [0.15, 0.2) is 0 Å². The summed E-state index contributed by atoms with van der Waals surface area (Å²) < 4.78 is 13.3. The second kappa shape index (κ2) is 15.7. The Morgan fingerprint density at radius 3 is 2.51 bits per heavy atom. The van der Waals surface area contributed by atoms with Crippen LogP contribution in [0.4, 0.5) is 5.69 Å². The normalized spacial score (nSPS) is 17.8. The summed E-state index contributed by atoms with van der Waals surface area (Å²) >= 11 is 0. The zero-order chi connectivity index (χ0) is 39.7. The lowest BCUT2D eigenvalue weighted by atomic mass is 9.97. The van der Waals surface area contributed by atoms with Gasteiger partial charge in [0.1, 0.15) is 12.4 Å². The molecule has 57 heavy (non-hydrogen) atoms. The molecule has 0 spiro atoms. The molecule has 2 atom stereocenters. The van der Waals surface area contributed by atoms with Crippen LogP contribution in [0.1, 0.15) is 78.5 Å². The number of fused-ring (bicyclic) bond motifs is 1. The fourth-order valence-electron chi connectivity index (χ4n) is 7.16. The van der Waals surface area contributed by atoms with Crippen molar-refractivity contribution in [3.05, 3.63) is 119 Å². The average Bonchev–Trinajstić information content (AvgIpc) is 3.88. The number of morpholine rings is 1. The van der Waals surface area contributed by atoms with Crippen LogP contribution in [0.3, 0.4) is 0 Å². The van der Waals surface area contributed by atoms with Gasteiger partial charge in [-0.25, -0.2) is 9.50 Å². The monoisotopic (exact) mass is 767 g/mol. The van der Waals surface area contributed by atoms with E-state index in [0.717, 1.165) is 69.9 Å². The van der Waals surface area contributed by atoms with E-state index in [1.165, 1.54) is 5.56 Å². The number of piperidine rings is 1. The summed E-state index contributed by atoms with van der Waals surface area (Å²) in [6.45, 7) is 11.2. The molecule has 2 saturated heterocycles. The van der Waals surface area contributed by atoms with E-state index >= 15 is 0 Å². The molecule has 292 valence electrons. The summed E-state index contributed by atoms with van der Waals surface area (Å²) in [6.07, 6.45) is 4.35. The molecule has 2 aliphatic heterocycles. The SMILES string of the molecule is Cc1cc(-c2ncnn3cc(-c4ccc(CN5CCOC(c6ccc(NC7CCC(=O)NC7=O)cc6)C5)cc4)cc23)ccc1CNC(=O)c1noc(C(C)(C)C)n1. The van der Waals surface area contributed by atoms with Crippen molar-refractivity contribution < 1.29 is 23.6 Å². The van der Waals surface area contributed by atoms with Gasteiger partial charge in [0.2, 0.25) is 17.7 Å². The molecule has 2 unspecified atom stereocenters. The number of hydrogen-bond donors (Lipinski definition) is 3. The first-order chi connectivity index (χ1) is 27.5. The Hall–Kier alpha value is -6.25. The minimum absolute atomic E-state index is 0.0191. The van der Waals surface area contributed by atoms with E-state index in [0.29, 0.717) is 31.9 Å². The molecule has 14 heteroatoms. The Labute approximate surface area is 330 Å². The second-order valence-corrected chi connectivity index (χ2v) is 15.7. The van der Waals surface area contributed by atoms with Crippen molar-refractivity contribution in [3.63, 3.8) is 0 Å². The molecule has 14 nitrogen and oxygen atoms in total. The average molecular weight is 768 g/mol. The van der Waals surface area contributed by atoms with E-state index < -0.39 is 6.04 Å². The van der Waals surface area contributed by atoms with E-state index in [1.807, 2.05) is 74.8 Å². The minimum atomic E-state index is -0.416. The van der Waals surface area contributed by atoms with Crippen molar-refractivity contribution >= 4 is 28.9 Å². The van der Waals surface area contributed by atoms with Gasteiger partial charge in [0.05, 0.1) is 23.9 Å². The van der Waals surface area contributed by atoms with E-state index in [2.05, 4.69) is 77.5 Å². The Kier molecular flexibility index (Phi) is 10.4. The van der Waals surface area contributed by atoms with Gasteiger partial charge in [0.25, 0.3) is 11.7 Å². The van der Waals surface area contributed by atoms with E-state index in [9.17, 15) is 14.4 Å². The van der Waals surface area contributed by atoms with Crippen LogP contribution in [0.25, 0.3) is 27.9 Å². The summed E-state index contributed by atoms with van der Waals surface area (Å²) in [5.74, 6) is -0.462. The summed E-state index contributed by atoms with van der Waals surface area (Å²) in [6, 6.07) is 24.4. The van der Waals surface area contributed by atoms with E-state index in [4.69, 9.17) is 9.26 Å². The molecule has 3 amide bonds. The molecule has 0 radical (unpaired) electrons. The number of aromatic nitrogens is 5. The van der Waals surface area contributed by atoms with Gasteiger partial charge < -0.3 is 19.9 Å². The van der Waals surface area contributed by atoms with Crippen LogP contribution < -0.4 is 16.0 Å². The van der Waals surface area contributed by atoms with Crippen molar-refractivity contribution in [2.24, 2.45) is 0 Å². The summed E-state index contributed by atoms with van der Waals surface area (Å²) in [4.78, 5) is 47.7. The molecule has 3 aromatic carbocycles. The number of hydrogen-bond acceptors (Lipinski definition) is 11. The van der Waals surface area contributed by atoms with Crippen molar-refractivity contribution in [1.29, 1.82) is 0 Å². The lowest BCUT2D eigenvalue weighted by Crippen LogP contribution is -2.47. The Bertz CT molecular complexity index is 2430. The number of anilines is 1. The second-order valence-electron chi connectivity index (χ2n) is 15.7. The number of ether oxygens (including phenoxy) is 1. The largest absolute Gasteiger partial charge is 0.374 e. The third kappa shape index (κ3) is 8.47. The summed E-state index contributed by atoms with van der Waals surface area (Å²) in [7, 11) is 0.